The molecule has 1 aromatic carbocycles. The van der Waals surface area contributed by atoms with Crippen molar-refractivity contribution in [3.63, 3.8) is 0 Å². The summed E-state index contributed by atoms with van der Waals surface area (Å²) >= 11 is 0. The minimum atomic E-state index is -1.05. The van der Waals surface area contributed by atoms with Crippen molar-refractivity contribution in [3.05, 3.63) is 47.9 Å². The van der Waals surface area contributed by atoms with Crippen LogP contribution in [0.5, 0.6) is 5.75 Å². The molecule has 3 rings (SSSR count). The molecule has 0 spiro atoms. The number of benzene rings is 1. The molecule has 0 bridgehead atoms. The normalized spacial score (nSPS) is 16.8. The molecule has 120 valence electrons. The summed E-state index contributed by atoms with van der Waals surface area (Å²) < 4.78 is 10.2. The molecule has 6 heteroatoms. The highest BCUT2D eigenvalue weighted by Gasteiger charge is 2.32. The Bertz CT molecular complexity index is 773. The summed E-state index contributed by atoms with van der Waals surface area (Å²) in [5.41, 5.74) is 2.10. The maximum absolute atomic E-state index is 12.1. The van der Waals surface area contributed by atoms with E-state index in [4.69, 9.17) is 9.47 Å². The largest absolute Gasteiger partial charge is 0.501 e. The van der Waals surface area contributed by atoms with Crippen LogP contribution in [0.3, 0.4) is 0 Å². The second-order valence-electron chi connectivity index (χ2n) is 5.19. The Kier molecular flexibility index (Phi) is 4.16. The zero-order valence-corrected chi connectivity index (χ0v) is 13.0. The van der Waals surface area contributed by atoms with Crippen LogP contribution in [-0.4, -0.2) is 34.6 Å². The van der Waals surface area contributed by atoms with Crippen molar-refractivity contribution >= 4 is 16.8 Å². The fourth-order valence-electron chi connectivity index (χ4n) is 2.60. The third-order valence-corrected chi connectivity index (χ3v) is 3.77. The van der Waals surface area contributed by atoms with Crippen LogP contribution in [0.2, 0.25) is 0 Å². The Labute approximate surface area is 133 Å². The maximum atomic E-state index is 12.1. The Morgan fingerprint density at radius 3 is 3.04 bits per heavy atom. The zero-order valence-electron chi connectivity index (χ0n) is 13.0. The number of ether oxygens (including phenoxy) is 2. The highest BCUT2D eigenvalue weighted by atomic mass is 16.5. The van der Waals surface area contributed by atoms with Gasteiger partial charge in [0.05, 0.1) is 37.7 Å². The van der Waals surface area contributed by atoms with Gasteiger partial charge < -0.3 is 19.5 Å². The van der Waals surface area contributed by atoms with Gasteiger partial charge in [-0.05, 0) is 36.8 Å². The van der Waals surface area contributed by atoms with E-state index in [1.807, 2.05) is 31.2 Å². The van der Waals surface area contributed by atoms with Gasteiger partial charge in [-0.25, -0.2) is 4.98 Å². The number of carbonyl (C=O) groups is 1. The van der Waals surface area contributed by atoms with Crippen molar-refractivity contribution in [3.8, 4) is 5.75 Å². The fourth-order valence-corrected chi connectivity index (χ4v) is 2.60. The molecule has 1 aliphatic heterocycles. The molecule has 23 heavy (non-hydrogen) atoms. The third kappa shape index (κ3) is 2.85. The summed E-state index contributed by atoms with van der Waals surface area (Å²) in [6.07, 6.45) is 1.60. The number of rotatable bonds is 4. The first-order chi connectivity index (χ1) is 11.1. The number of pyridine rings is 1. The van der Waals surface area contributed by atoms with Crippen LogP contribution in [0.4, 0.5) is 0 Å². The molecular formula is C17H18N2O4. The molecule has 0 radical (unpaired) electrons. The van der Waals surface area contributed by atoms with E-state index in [-0.39, 0.29) is 5.91 Å². The van der Waals surface area contributed by atoms with Gasteiger partial charge in [-0.2, -0.15) is 0 Å². The monoisotopic (exact) mass is 314 g/mol. The van der Waals surface area contributed by atoms with E-state index in [0.29, 0.717) is 18.8 Å². The lowest BCUT2D eigenvalue weighted by atomic mass is 10.1. The topological polar surface area (TPSA) is 71.9 Å². The van der Waals surface area contributed by atoms with Crippen molar-refractivity contribution in [1.29, 1.82) is 0 Å². The minimum Gasteiger partial charge on any atom is -0.501 e. The number of aromatic nitrogens is 1. The molecule has 1 aromatic heterocycles. The van der Waals surface area contributed by atoms with Crippen molar-refractivity contribution in [2.24, 2.45) is 0 Å². The quantitative estimate of drug-likeness (QED) is 0.691. The van der Waals surface area contributed by atoms with E-state index in [1.165, 1.54) is 17.2 Å². The molecule has 0 aliphatic carbocycles. The van der Waals surface area contributed by atoms with Crippen LogP contribution in [0.1, 0.15) is 24.4 Å². The maximum Gasteiger partial charge on any atom is 0.252 e. The Hall–Kier alpha value is -2.60. The van der Waals surface area contributed by atoms with Gasteiger partial charge in [0, 0.05) is 11.5 Å². The summed E-state index contributed by atoms with van der Waals surface area (Å²) in [5.74, 6) is 0.427. The Morgan fingerprint density at radius 2 is 2.30 bits per heavy atom. The van der Waals surface area contributed by atoms with E-state index in [0.717, 1.165) is 22.2 Å². The summed E-state index contributed by atoms with van der Waals surface area (Å²) in [6, 6.07) is 7.47. The second-order valence-corrected chi connectivity index (χ2v) is 5.19. The first-order valence-corrected chi connectivity index (χ1v) is 7.38. The molecular weight excluding hydrogens is 296 g/mol. The number of hydrogen-bond donors (Lipinski definition) is 1. The lowest BCUT2D eigenvalue weighted by Crippen LogP contribution is -2.27. The van der Waals surface area contributed by atoms with Crippen LogP contribution in [0.25, 0.3) is 10.9 Å². The number of fused-ring (bicyclic) bond motifs is 2. The summed E-state index contributed by atoms with van der Waals surface area (Å²) in [6.45, 7) is 2.63. The highest BCUT2D eigenvalue weighted by Crippen LogP contribution is 2.33. The van der Waals surface area contributed by atoms with Crippen LogP contribution in [0, 0.1) is 0 Å². The molecule has 2 aromatic rings. The smallest absolute Gasteiger partial charge is 0.252 e. The highest BCUT2D eigenvalue weighted by molar-refractivity contribution is 5.88. The second kappa shape index (κ2) is 6.26. The van der Waals surface area contributed by atoms with Gasteiger partial charge >= 0.3 is 0 Å². The van der Waals surface area contributed by atoms with Crippen LogP contribution in [0.15, 0.2) is 36.6 Å². The molecule has 2 heterocycles. The van der Waals surface area contributed by atoms with E-state index >= 15 is 0 Å². The third-order valence-electron chi connectivity index (χ3n) is 3.77. The molecule has 0 saturated carbocycles. The van der Waals surface area contributed by atoms with Gasteiger partial charge in [0.15, 0.2) is 6.23 Å². The van der Waals surface area contributed by atoms with Crippen molar-refractivity contribution in [1.82, 2.24) is 9.88 Å². The predicted octanol–water partition coefficient (Wildman–Crippen LogP) is 2.13. The van der Waals surface area contributed by atoms with E-state index in [9.17, 15) is 9.90 Å². The molecule has 0 saturated heterocycles. The van der Waals surface area contributed by atoms with Gasteiger partial charge in [-0.15, -0.1) is 0 Å². The SMILES string of the molecule is CCO/C=C/C(=O)N1Cc2cc3cc(OC)ccc3nc2C1O. The van der Waals surface area contributed by atoms with Crippen LogP contribution < -0.4 is 4.74 Å². The fraction of sp³-hybridized carbons (Fsp3) is 0.294. The molecule has 1 N–H and O–H groups in total. The van der Waals surface area contributed by atoms with E-state index < -0.39 is 6.23 Å². The van der Waals surface area contributed by atoms with Crippen molar-refractivity contribution in [2.75, 3.05) is 13.7 Å². The van der Waals surface area contributed by atoms with Gasteiger partial charge in [-0.3, -0.25) is 4.79 Å². The number of aliphatic hydroxyl groups excluding tert-OH is 1. The van der Waals surface area contributed by atoms with Gasteiger partial charge in [0.2, 0.25) is 0 Å². The van der Waals surface area contributed by atoms with Crippen molar-refractivity contribution < 1.29 is 19.4 Å². The Balaban J connectivity index is 1.91. The molecule has 1 unspecified atom stereocenters. The standard InChI is InChI=1S/C17H18N2O4/c1-3-23-7-6-15(20)19-10-12-8-11-9-13(22-2)4-5-14(11)18-16(12)17(19)21/h4-9,17,21H,3,10H2,1-2H3/b7-6+. The number of hydrogen-bond acceptors (Lipinski definition) is 5. The van der Waals surface area contributed by atoms with E-state index in [2.05, 4.69) is 4.98 Å². The number of carbonyl (C=O) groups excluding carboxylic acids is 1. The molecule has 1 atom stereocenters. The number of aliphatic hydroxyl groups is 1. The first kappa shape index (κ1) is 15.3. The zero-order chi connectivity index (χ0) is 16.4. The summed E-state index contributed by atoms with van der Waals surface area (Å²) in [7, 11) is 1.61. The lowest BCUT2D eigenvalue weighted by Gasteiger charge is -2.18. The average molecular weight is 314 g/mol. The van der Waals surface area contributed by atoms with Crippen LogP contribution in [-0.2, 0) is 16.1 Å². The van der Waals surface area contributed by atoms with E-state index in [1.54, 1.807) is 7.11 Å². The van der Waals surface area contributed by atoms with Gasteiger partial charge in [-0.1, -0.05) is 0 Å². The lowest BCUT2D eigenvalue weighted by molar-refractivity contribution is -0.135. The van der Waals surface area contributed by atoms with Crippen LogP contribution >= 0.6 is 0 Å². The first-order valence-electron chi connectivity index (χ1n) is 7.38. The predicted molar refractivity (Wildman–Crippen MR) is 84.6 cm³/mol. The summed E-state index contributed by atoms with van der Waals surface area (Å²) in [4.78, 5) is 18.0. The molecule has 1 aliphatic rings. The molecule has 6 nitrogen and oxygen atoms in total. The van der Waals surface area contributed by atoms with Gasteiger partial charge in [0.25, 0.3) is 5.91 Å². The minimum absolute atomic E-state index is 0.311. The molecule has 1 amide bonds. The number of nitrogens with zero attached hydrogens (tertiary/aromatic N) is 2. The number of methoxy groups -OCH3 is 1. The number of amides is 1. The van der Waals surface area contributed by atoms with Gasteiger partial charge in [0.1, 0.15) is 5.75 Å². The molecule has 0 fully saturated rings. The average Bonchev–Trinajstić information content (AvgIpc) is 2.88. The Morgan fingerprint density at radius 1 is 1.48 bits per heavy atom. The van der Waals surface area contributed by atoms with Crippen molar-refractivity contribution in [2.45, 2.75) is 19.7 Å². The summed E-state index contributed by atoms with van der Waals surface area (Å²) in [5, 5.41) is 11.3.